The van der Waals surface area contributed by atoms with Crippen LogP contribution in [-0.2, 0) is 23.1 Å². The third kappa shape index (κ3) is 4.48. The fourth-order valence-corrected chi connectivity index (χ4v) is 5.38. The Bertz CT molecular complexity index is 1190. The van der Waals surface area contributed by atoms with E-state index in [4.69, 9.17) is 0 Å². The monoisotopic (exact) mass is 435 g/mol. The Balaban J connectivity index is 1.82. The van der Waals surface area contributed by atoms with Gasteiger partial charge in [-0.15, -0.1) is 0 Å². The van der Waals surface area contributed by atoms with Crippen molar-refractivity contribution in [1.82, 2.24) is 14.3 Å². The molecule has 2 atom stereocenters. The Labute approximate surface area is 183 Å². The predicted molar refractivity (Wildman–Crippen MR) is 120 cm³/mol. The first-order valence-corrected chi connectivity index (χ1v) is 12.0. The molecule has 7 nitrogen and oxygen atoms in total. The SMILES string of the molecule is C[C@@H](c1ccccc1)[C@@H]1CN(Cc2c[nH]cn2)c2ccc(C#N)cc2CN1S(C)(=O)=O. The van der Waals surface area contributed by atoms with Crippen LogP contribution in [0.4, 0.5) is 5.69 Å². The number of aromatic amines is 1. The van der Waals surface area contributed by atoms with Crippen LogP contribution in [0.3, 0.4) is 0 Å². The van der Waals surface area contributed by atoms with Gasteiger partial charge >= 0.3 is 0 Å². The van der Waals surface area contributed by atoms with Crippen LogP contribution < -0.4 is 4.90 Å². The molecular weight excluding hydrogens is 410 g/mol. The van der Waals surface area contributed by atoms with Gasteiger partial charge in [-0.05, 0) is 35.2 Å². The van der Waals surface area contributed by atoms with E-state index in [0.29, 0.717) is 18.7 Å². The fourth-order valence-electron chi connectivity index (χ4n) is 4.26. The molecule has 0 amide bonds. The van der Waals surface area contributed by atoms with Crippen molar-refractivity contribution in [2.45, 2.75) is 32.0 Å². The summed E-state index contributed by atoms with van der Waals surface area (Å²) < 4.78 is 27.4. The zero-order valence-electron chi connectivity index (χ0n) is 17.6. The van der Waals surface area contributed by atoms with Gasteiger partial charge in [-0.1, -0.05) is 37.3 Å². The average Bonchev–Trinajstić information content (AvgIpc) is 3.21. The zero-order chi connectivity index (χ0) is 22.0. The lowest BCUT2D eigenvalue weighted by molar-refractivity contribution is 0.290. The van der Waals surface area contributed by atoms with Crippen molar-refractivity contribution in [1.29, 1.82) is 5.26 Å². The summed E-state index contributed by atoms with van der Waals surface area (Å²) in [5, 5.41) is 9.39. The Morgan fingerprint density at radius 1 is 1.26 bits per heavy atom. The molecule has 0 saturated carbocycles. The number of hydrogen-bond donors (Lipinski definition) is 1. The molecule has 0 saturated heterocycles. The predicted octanol–water partition coefficient (Wildman–Crippen LogP) is 3.24. The van der Waals surface area contributed by atoms with Gasteiger partial charge in [-0.25, -0.2) is 13.4 Å². The highest BCUT2D eigenvalue weighted by atomic mass is 32.2. The van der Waals surface area contributed by atoms with Crippen LogP contribution in [0.15, 0.2) is 61.1 Å². The molecule has 0 radical (unpaired) electrons. The molecule has 3 aromatic rings. The molecule has 0 fully saturated rings. The van der Waals surface area contributed by atoms with Gasteiger partial charge in [0.25, 0.3) is 0 Å². The molecule has 1 aliphatic rings. The van der Waals surface area contributed by atoms with E-state index in [1.807, 2.05) is 42.6 Å². The normalized spacial score (nSPS) is 18.1. The Hall–Kier alpha value is -3.15. The zero-order valence-corrected chi connectivity index (χ0v) is 18.4. The second-order valence-electron chi connectivity index (χ2n) is 7.97. The lowest BCUT2D eigenvalue weighted by atomic mass is 9.93. The summed E-state index contributed by atoms with van der Waals surface area (Å²) in [7, 11) is -3.50. The minimum absolute atomic E-state index is 0.0256. The second kappa shape index (κ2) is 8.53. The molecule has 4 rings (SSSR count). The van der Waals surface area contributed by atoms with Gasteiger partial charge in [0.05, 0.1) is 36.5 Å². The smallest absolute Gasteiger partial charge is 0.211 e. The molecule has 160 valence electrons. The van der Waals surface area contributed by atoms with Crippen LogP contribution >= 0.6 is 0 Å². The molecule has 31 heavy (non-hydrogen) atoms. The molecule has 0 unspecified atom stereocenters. The minimum atomic E-state index is -3.50. The van der Waals surface area contributed by atoms with Gasteiger partial charge in [-0.2, -0.15) is 9.57 Å². The number of nitriles is 1. The number of benzene rings is 2. The lowest BCUT2D eigenvalue weighted by Crippen LogP contribution is -2.46. The van der Waals surface area contributed by atoms with Gasteiger partial charge in [0.15, 0.2) is 0 Å². The number of imidazole rings is 1. The highest BCUT2D eigenvalue weighted by Gasteiger charge is 2.37. The Kier molecular flexibility index (Phi) is 5.81. The van der Waals surface area contributed by atoms with Crippen LogP contribution in [0.2, 0.25) is 0 Å². The highest BCUT2D eigenvalue weighted by molar-refractivity contribution is 7.88. The molecule has 8 heteroatoms. The number of sulfonamides is 1. The standard InChI is InChI=1S/C23H25N5O2S/c1-17(19-6-4-3-5-7-19)23-15-27(14-21-12-25-16-26-21)22-9-8-18(11-24)10-20(22)13-28(23)31(2,29)30/h3-10,12,16-17,23H,13-15H2,1-2H3,(H,25,26)/t17-,23-/m0/s1. The van der Waals surface area contributed by atoms with Crippen LogP contribution in [0.5, 0.6) is 0 Å². The van der Waals surface area contributed by atoms with E-state index in [1.165, 1.54) is 6.26 Å². The van der Waals surface area contributed by atoms with Crippen LogP contribution in [0.1, 0.15) is 35.2 Å². The van der Waals surface area contributed by atoms with Crippen molar-refractivity contribution in [3.05, 3.63) is 83.4 Å². The number of anilines is 1. The van der Waals surface area contributed by atoms with Crippen molar-refractivity contribution < 1.29 is 8.42 Å². The summed E-state index contributed by atoms with van der Waals surface area (Å²) >= 11 is 0. The third-order valence-electron chi connectivity index (χ3n) is 5.89. The number of hydrogen-bond acceptors (Lipinski definition) is 5. The van der Waals surface area contributed by atoms with E-state index in [-0.39, 0.29) is 18.5 Å². The summed E-state index contributed by atoms with van der Waals surface area (Å²) in [6.07, 6.45) is 4.74. The van der Waals surface area contributed by atoms with Crippen molar-refractivity contribution in [3.63, 3.8) is 0 Å². The molecule has 0 aliphatic carbocycles. The Morgan fingerprint density at radius 2 is 2.03 bits per heavy atom. The number of nitrogens with one attached hydrogen (secondary N) is 1. The molecular formula is C23H25N5O2S. The van der Waals surface area contributed by atoms with E-state index in [9.17, 15) is 13.7 Å². The van der Waals surface area contributed by atoms with Gasteiger partial charge in [-0.3, -0.25) is 0 Å². The van der Waals surface area contributed by atoms with Gasteiger partial charge < -0.3 is 9.88 Å². The van der Waals surface area contributed by atoms with E-state index in [1.54, 1.807) is 22.8 Å². The average molecular weight is 436 g/mol. The maximum Gasteiger partial charge on any atom is 0.211 e. The highest BCUT2D eigenvalue weighted by Crippen LogP contribution is 2.35. The maximum absolute atomic E-state index is 12.9. The third-order valence-corrected chi connectivity index (χ3v) is 7.14. The lowest BCUT2D eigenvalue weighted by Gasteiger charge is -2.35. The molecule has 1 aromatic heterocycles. The first kappa shape index (κ1) is 21.1. The van der Waals surface area contributed by atoms with Crippen LogP contribution in [0.25, 0.3) is 0 Å². The van der Waals surface area contributed by atoms with Crippen molar-refractivity contribution in [2.75, 3.05) is 17.7 Å². The van der Waals surface area contributed by atoms with E-state index in [2.05, 4.69) is 27.9 Å². The minimum Gasteiger partial charge on any atom is -0.364 e. The largest absolute Gasteiger partial charge is 0.364 e. The quantitative estimate of drug-likeness (QED) is 0.664. The van der Waals surface area contributed by atoms with Gasteiger partial charge in [0, 0.05) is 31.0 Å². The number of H-pyrrole nitrogens is 1. The molecule has 2 heterocycles. The number of rotatable bonds is 5. The number of aromatic nitrogens is 2. The summed E-state index contributed by atoms with van der Waals surface area (Å²) in [5.74, 6) is -0.0256. The van der Waals surface area contributed by atoms with Crippen LogP contribution in [-0.4, -0.2) is 41.5 Å². The van der Waals surface area contributed by atoms with Gasteiger partial charge in [0.1, 0.15) is 0 Å². The number of nitrogens with zero attached hydrogens (tertiary/aromatic N) is 4. The van der Waals surface area contributed by atoms with E-state index in [0.717, 1.165) is 22.5 Å². The Morgan fingerprint density at radius 3 is 2.68 bits per heavy atom. The molecule has 1 aliphatic heterocycles. The molecule has 0 bridgehead atoms. The van der Waals surface area contributed by atoms with Crippen LogP contribution in [0, 0.1) is 11.3 Å². The van der Waals surface area contributed by atoms with Gasteiger partial charge in [0.2, 0.25) is 10.0 Å². The summed E-state index contributed by atoms with van der Waals surface area (Å²) in [5.41, 5.74) is 4.22. The summed E-state index contributed by atoms with van der Waals surface area (Å²) in [6, 6.07) is 17.4. The molecule has 2 aromatic carbocycles. The first-order chi connectivity index (χ1) is 14.9. The first-order valence-electron chi connectivity index (χ1n) is 10.1. The van der Waals surface area contributed by atoms with E-state index >= 15 is 0 Å². The van der Waals surface area contributed by atoms with Crippen molar-refractivity contribution in [3.8, 4) is 6.07 Å². The van der Waals surface area contributed by atoms with Crippen molar-refractivity contribution >= 4 is 15.7 Å². The second-order valence-corrected chi connectivity index (χ2v) is 9.91. The van der Waals surface area contributed by atoms with Crippen molar-refractivity contribution in [2.24, 2.45) is 0 Å². The fraction of sp³-hybridized carbons (Fsp3) is 0.304. The summed E-state index contributed by atoms with van der Waals surface area (Å²) in [6.45, 7) is 3.34. The maximum atomic E-state index is 12.9. The molecule has 0 spiro atoms. The number of fused-ring (bicyclic) bond motifs is 1. The summed E-state index contributed by atoms with van der Waals surface area (Å²) in [4.78, 5) is 9.51. The topological polar surface area (TPSA) is 93.1 Å². The van der Waals surface area contributed by atoms with E-state index < -0.39 is 10.0 Å². The molecule has 1 N–H and O–H groups in total.